The zero-order valence-electron chi connectivity index (χ0n) is 11.8. The summed E-state index contributed by atoms with van der Waals surface area (Å²) in [5.41, 5.74) is 4.14. The van der Waals surface area contributed by atoms with Crippen LogP contribution in [0.4, 0.5) is 5.69 Å². The van der Waals surface area contributed by atoms with Crippen LogP contribution in [0.2, 0.25) is 0 Å². The van der Waals surface area contributed by atoms with Gasteiger partial charge in [-0.2, -0.15) is 5.10 Å². The number of aryl methyl sites for hydroxylation is 2. The van der Waals surface area contributed by atoms with Gasteiger partial charge in [-0.15, -0.1) is 11.6 Å². The number of anilines is 1. The van der Waals surface area contributed by atoms with Gasteiger partial charge in [0.25, 0.3) is 0 Å². The van der Waals surface area contributed by atoms with Crippen molar-refractivity contribution in [3.05, 3.63) is 41.5 Å². The fourth-order valence-corrected chi connectivity index (χ4v) is 2.29. The number of carbonyl (C=O) groups is 1. The third kappa shape index (κ3) is 2.82. The van der Waals surface area contributed by atoms with E-state index in [1.54, 1.807) is 15.9 Å². The quantitative estimate of drug-likeness (QED) is 0.813. The van der Waals surface area contributed by atoms with Gasteiger partial charge in [0.15, 0.2) is 0 Å². The third-order valence-corrected chi connectivity index (χ3v) is 3.57. The SMILES string of the molecule is Cc1ccc(C)c(N(Cn2cncn2)C(=O)CCl)c1C. The van der Waals surface area contributed by atoms with E-state index in [4.69, 9.17) is 11.6 Å². The highest BCUT2D eigenvalue weighted by molar-refractivity contribution is 6.29. The van der Waals surface area contributed by atoms with Gasteiger partial charge in [0.05, 0.1) is 5.69 Å². The van der Waals surface area contributed by atoms with E-state index < -0.39 is 0 Å². The second kappa shape index (κ2) is 6.05. The molecule has 106 valence electrons. The maximum atomic E-state index is 12.2. The smallest absolute Gasteiger partial charge is 0.243 e. The van der Waals surface area contributed by atoms with E-state index in [-0.39, 0.29) is 11.8 Å². The molecule has 0 aliphatic rings. The monoisotopic (exact) mass is 292 g/mol. The second-order valence-electron chi connectivity index (χ2n) is 4.70. The molecule has 1 aromatic heterocycles. The van der Waals surface area contributed by atoms with Crippen LogP contribution < -0.4 is 4.90 Å². The highest BCUT2D eigenvalue weighted by Crippen LogP contribution is 2.28. The van der Waals surface area contributed by atoms with Crippen LogP contribution in [-0.2, 0) is 11.5 Å². The Kier molecular flexibility index (Phi) is 4.39. The van der Waals surface area contributed by atoms with Crippen LogP contribution >= 0.6 is 11.6 Å². The molecular weight excluding hydrogens is 276 g/mol. The molecule has 0 unspecified atom stereocenters. The average molecular weight is 293 g/mol. The minimum absolute atomic E-state index is 0.0679. The lowest BCUT2D eigenvalue weighted by Crippen LogP contribution is -2.35. The second-order valence-corrected chi connectivity index (χ2v) is 4.97. The molecule has 0 saturated carbocycles. The van der Waals surface area contributed by atoms with Crippen LogP contribution in [0.5, 0.6) is 0 Å². The van der Waals surface area contributed by atoms with Crippen molar-refractivity contribution in [3.8, 4) is 0 Å². The lowest BCUT2D eigenvalue weighted by molar-refractivity contribution is -0.116. The van der Waals surface area contributed by atoms with E-state index in [1.807, 2.05) is 32.9 Å². The van der Waals surface area contributed by atoms with Crippen molar-refractivity contribution in [1.29, 1.82) is 0 Å². The van der Waals surface area contributed by atoms with E-state index >= 15 is 0 Å². The van der Waals surface area contributed by atoms with Gasteiger partial charge >= 0.3 is 0 Å². The minimum atomic E-state index is -0.154. The molecule has 1 amide bonds. The number of aromatic nitrogens is 3. The van der Waals surface area contributed by atoms with Gasteiger partial charge in [-0.25, -0.2) is 9.67 Å². The zero-order chi connectivity index (χ0) is 14.7. The van der Waals surface area contributed by atoms with Crippen LogP contribution in [0.1, 0.15) is 16.7 Å². The van der Waals surface area contributed by atoms with Gasteiger partial charge in [-0.05, 0) is 37.5 Å². The Bertz CT molecular complexity index is 610. The third-order valence-electron chi connectivity index (χ3n) is 3.34. The average Bonchev–Trinajstić information content (AvgIpc) is 2.94. The van der Waals surface area contributed by atoms with E-state index in [0.717, 1.165) is 22.4 Å². The van der Waals surface area contributed by atoms with Crippen molar-refractivity contribution in [2.24, 2.45) is 0 Å². The molecular formula is C14H17ClN4O. The first-order valence-corrected chi connectivity index (χ1v) is 6.83. The van der Waals surface area contributed by atoms with E-state index in [2.05, 4.69) is 10.1 Å². The van der Waals surface area contributed by atoms with Crippen LogP contribution in [0.15, 0.2) is 24.8 Å². The fraction of sp³-hybridized carbons (Fsp3) is 0.357. The Morgan fingerprint density at radius 2 is 2.00 bits per heavy atom. The van der Waals surface area contributed by atoms with Crippen LogP contribution in [-0.4, -0.2) is 26.6 Å². The molecule has 20 heavy (non-hydrogen) atoms. The number of halogens is 1. The molecule has 0 radical (unpaired) electrons. The minimum Gasteiger partial charge on any atom is -0.291 e. The largest absolute Gasteiger partial charge is 0.291 e. The van der Waals surface area contributed by atoms with Gasteiger partial charge in [-0.3, -0.25) is 9.69 Å². The predicted octanol–water partition coefficient (Wildman–Crippen LogP) is 2.43. The summed E-state index contributed by atoms with van der Waals surface area (Å²) in [7, 11) is 0. The van der Waals surface area contributed by atoms with Gasteiger partial charge < -0.3 is 0 Å². The number of nitrogens with zero attached hydrogens (tertiary/aromatic N) is 4. The summed E-state index contributed by atoms with van der Waals surface area (Å²) < 4.78 is 1.60. The molecule has 0 spiro atoms. The van der Waals surface area contributed by atoms with Gasteiger partial charge in [0.2, 0.25) is 5.91 Å². The zero-order valence-corrected chi connectivity index (χ0v) is 12.6. The first kappa shape index (κ1) is 14.5. The number of hydrogen-bond acceptors (Lipinski definition) is 3. The van der Waals surface area contributed by atoms with Crippen molar-refractivity contribution < 1.29 is 4.79 Å². The first-order valence-electron chi connectivity index (χ1n) is 6.30. The standard InChI is InChI=1S/C14H17ClN4O/c1-10-4-5-11(2)14(12(10)3)19(13(20)6-15)9-18-8-16-7-17-18/h4-5,7-8H,6,9H2,1-3H3. The summed E-state index contributed by atoms with van der Waals surface area (Å²) in [6.45, 7) is 6.32. The lowest BCUT2D eigenvalue weighted by Gasteiger charge is -2.26. The predicted molar refractivity (Wildman–Crippen MR) is 78.9 cm³/mol. The molecule has 0 saturated heterocycles. The lowest BCUT2D eigenvalue weighted by atomic mass is 10.0. The molecule has 1 aromatic carbocycles. The highest BCUT2D eigenvalue weighted by atomic mass is 35.5. The number of carbonyl (C=O) groups excluding carboxylic acids is 1. The molecule has 1 heterocycles. The summed E-state index contributed by atoms with van der Waals surface area (Å²) >= 11 is 5.74. The molecule has 5 nitrogen and oxygen atoms in total. The molecule has 0 aliphatic heterocycles. The first-order chi connectivity index (χ1) is 9.54. The number of alkyl halides is 1. The number of hydrogen-bond donors (Lipinski definition) is 0. The fourth-order valence-electron chi connectivity index (χ4n) is 2.15. The number of amides is 1. The van der Waals surface area contributed by atoms with Gasteiger partial charge in [0.1, 0.15) is 25.2 Å². The Hall–Kier alpha value is -1.88. The van der Waals surface area contributed by atoms with Crippen molar-refractivity contribution in [1.82, 2.24) is 14.8 Å². The van der Waals surface area contributed by atoms with Crippen molar-refractivity contribution in [3.63, 3.8) is 0 Å². The van der Waals surface area contributed by atoms with E-state index in [9.17, 15) is 4.79 Å². The summed E-state index contributed by atoms with van der Waals surface area (Å²) in [5.74, 6) is -0.222. The van der Waals surface area contributed by atoms with Gasteiger partial charge in [-0.1, -0.05) is 12.1 Å². The maximum absolute atomic E-state index is 12.2. The van der Waals surface area contributed by atoms with E-state index in [1.165, 1.54) is 6.33 Å². The highest BCUT2D eigenvalue weighted by Gasteiger charge is 2.20. The van der Waals surface area contributed by atoms with Crippen LogP contribution in [0.25, 0.3) is 0 Å². The Balaban J connectivity index is 2.46. The van der Waals surface area contributed by atoms with Crippen molar-refractivity contribution in [2.45, 2.75) is 27.4 Å². The topological polar surface area (TPSA) is 51.0 Å². The van der Waals surface area contributed by atoms with Crippen molar-refractivity contribution >= 4 is 23.2 Å². The molecule has 2 rings (SSSR count). The Morgan fingerprint density at radius 3 is 2.60 bits per heavy atom. The molecule has 0 fully saturated rings. The summed E-state index contributed by atoms with van der Waals surface area (Å²) in [6, 6.07) is 4.06. The molecule has 0 N–H and O–H groups in total. The van der Waals surface area contributed by atoms with Crippen molar-refractivity contribution in [2.75, 3.05) is 10.8 Å². The normalized spacial score (nSPS) is 10.6. The molecule has 0 atom stereocenters. The summed E-state index contributed by atoms with van der Waals surface area (Å²) in [4.78, 5) is 17.7. The van der Waals surface area contributed by atoms with Crippen LogP contribution in [0.3, 0.4) is 0 Å². The van der Waals surface area contributed by atoms with Gasteiger partial charge in [0, 0.05) is 0 Å². The van der Waals surface area contributed by atoms with E-state index in [0.29, 0.717) is 6.67 Å². The van der Waals surface area contributed by atoms with Crippen LogP contribution in [0, 0.1) is 20.8 Å². The molecule has 2 aromatic rings. The number of rotatable bonds is 4. The Labute approximate surface area is 123 Å². The summed E-state index contributed by atoms with van der Waals surface area (Å²) in [6.07, 6.45) is 3.02. The maximum Gasteiger partial charge on any atom is 0.243 e. The Morgan fingerprint density at radius 1 is 1.30 bits per heavy atom. The summed E-state index contributed by atoms with van der Waals surface area (Å²) in [5, 5.41) is 4.05. The number of benzene rings is 1. The molecule has 0 aliphatic carbocycles. The molecule has 6 heteroatoms. The molecule has 0 bridgehead atoms.